The number of ether oxygens (including phenoxy) is 2. The van der Waals surface area contributed by atoms with Gasteiger partial charge in [-0.25, -0.2) is 4.98 Å². The summed E-state index contributed by atoms with van der Waals surface area (Å²) in [5.41, 5.74) is 1.81. The first-order valence-electron chi connectivity index (χ1n) is 10.8. The number of para-hydroxylation sites is 1. The summed E-state index contributed by atoms with van der Waals surface area (Å²) in [5, 5.41) is 3.40. The van der Waals surface area contributed by atoms with Crippen molar-refractivity contribution in [2.45, 2.75) is 26.9 Å². The lowest BCUT2D eigenvalue weighted by molar-refractivity contribution is -0.122. The summed E-state index contributed by atoms with van der Waals surface area (Å²) in [6.07, 6.45) is -0.712. The van der Waals surface area contributed by atoms with E-state index in [1.54, 1.807) is 60.9 Å². The molecule has 0 aliphatic rings. The van der Waals surface area contributed by atoms with Crippen molar-refractivity contribution in [2.75, 3.05) is 11.9 Å². The Bertz CT molecular complexity index is 1350. The SMILES string of the molecule is CCOc1cccc(OC(C)C(=O)Nc2ccc(-n3c(C)nc4ccccc4c3=O)cc2)c1. The summed E-state index contributed by atoms with van der Waals surface area (Å²) >= 11 is 0. The number of carbonyl (C=O) groups is 1. The predicted molar refractivity (Wildman–Crippen MR) is 128 cm³/mol. The molecule has 0 bridgehead atoms. The van der Waals surface area contributed by atoms with E-state index in [0.717, 1.165) is 0 Å². The van der Waals surface area contributed by atoms with Gasteiger partial charge in [-0.05, 0) is 69.3 Å². The molecule has 0 aliphatic carbocycles. The molecule has 1 unspecified atom stereocenters. The van der Waals surface area contributed by atoms with Gasteiger partial charge >= 0.3 is 0 Å². The number of rotatable bonds is 7. The molecule has 7 nitrogen and oxygen atoms in total. The Balaban J connectivity index is 1.48. The van der Waals surface area contributed by atoms with Crippen molar-refractivity contribution >= 4 is 22.5 Å². The molecule has 1 heterocycles. The Kier molecular flexibility index (Phi) is 6.40. The highest BCUT2D eigenvalue weighted by Gasteiger charge is 2.16. The van der Waals surface area contributed by atoms with Gasteiger partial charge < -0.3 is 14.8 Å². The van der Waals surface area contributed by atoms with Gasteiger partial charge in [0.2, 0.25) is 0 Å². The largest absolute Gasteiger partial charge is 0.494 e. The van der Waals surface area contributed by atoms with E-state index < -0.39 is 6.10 Å². The van der Waals surface area contributed by atoms with E-state index in [-0.39, 0.29) is 11.5 Å². The van der Waals surface area contributed by atoms with Crippen molar-refractivity contribution < 1.29 is 14.3 Å². The standard InChI is InChI=1S/C26H25N3O4/c1-4-32-21-8-7-9-22(16-21)33-17(2)25(30)28-19-12-14-20(15-13-19)29-18(3)27-24-11-6-5-10-23(24)26(29)31/h5-17H,4H2,1-3H3,(H,28,30). The molecule has 0 saturated heterocycles. The highest BCUT2D eigenvalue weighted by atomic mass is 16.5. The summed E-state index contributed by atoms with van der Waals surface area (Å²) in [6.45, 7) is 5.93. The van der Waals surface area contributed by atoms with E-state index in [1.165, 1.54) is 0 Å². The summed E-state index contributed by atoms with van der Waals surface area (Å²) in [6, 6.07) is 21.5. The maximum atomic E-state index is 13.0. The third-order valence-electron chi connectivity index (χ3n) is 5.14. The Morgan fingerprint density at radius 3 is 2.52 bits per heavy atom. The smallest absolute Gasteiger partial charge is 0.265 e. The van der Waals surface area contributed by atoms with E-state index >= 15 is 0 Å². The van der Waals surface area contributed by atoms with Crippen LogP contribution in [0.1, 0.15) is 19.7 Å². The topological polar surface area (TPSA) is 82.4 Å². The lowest BCUT2D eigenvalue weighted by atomic mass is 10.2. The highest BCUT2D eigenvalue weighted by Crippen LogP contribution is 2.21. The van der Waals surface area contributed by atoms with Gasteiger partial charge in [0, 0.05) is 11.8 Å². The minimum atomic E-state index is -0.712. The number of hydrogen-bond acceptors (Lipinski definition) is 5. The first-order chi connectivity index (χ1) is 16.0. The fourth-order valence-electron chi connectivity index (χ4n) is 3.55. The Hall–Kier alpha value is -4.13. The van der Waals surface area contributed by atoms with Crippen LogP contribution in [0, 0.1) is 6.92 Å². The zero-order valence-corrected chi connectivity index (χ0v) is 18.7. The second-order valence-corrected chi connectivity index (χ2v) is 7.52. The quantitative estimate of drug-likeness (QED) is 0.455. The van der Waals surface area contributed by atoms with Crippen molar-refractivity contribution in [1.82, 2.24) is 9.55 Å². The Labute approximate surface area is 191 Å². The van der Waals surface area contributed by atoms with Crippen molar-refractivity contribution in [1.29, 1.82) is 0 Å². The maximum Gasteiger partial charge on any atom is 0.265 e. The fraction of sp³-hybridized carbons (Fsp3) is 0.192. The van der Waals surface area contributed by atoms with Gasteiger partial charge in [0.05, 0.1) is 23.2 Å². The van der Waals surface area contributed by atoms with Gasteiger partial charge in [0.25, 0.3) is 11.5 Å². The fourth-order valence-corrected chi connectivity index (χ4v) is 3.55. The zero-order chi connectivity index (χ0) is 23.4. The van der Waals surface area contributed by atoms with Crippen LogP contribution in [0.3, 0.4) is 0 Å². The van der Waals surface area contributed by atoms with Crippen LogP contribution < -0.4 is 20.3 Å². The van der Waals surface area contributed by atoms with E-state index in [4.69, 9.17) is 9.47 Å². The maximum absolute atomic E-state index is 13.0. The molecule has 0 spiro atoms. The second kappa shape index (κ2) is 9.56. The van der Waals surface area contributed by atoms with Crippen LogP contribution in [0.5, 0.6) is 11.5 Å². The van der Waals surface area contributed by atoms with Crippen molar-refractivity contribution in [3.63, 3.8) is 0 Å². The zero-order valence-electron chi connectivity index (χ0n) is 18.7. The number of benzene rings is 3. The molecule has 33 heavy (non-hydrogen) atoms. The molecule has 0 fully saturated rings. The lowest BCUT2D eigenvalue weighted by Gasteiger charge is -2.16. The van der Waals surface area contributed by atoms with Crippen molar-refractivity contribution in [3.8, 4) is 17.2 Å². The van der Waals surface area contributed by atoms with Gasteiger partial charge in [-0.2, -0.15) is 0 Å². The van der Waals surface area contributed by atoms with Gasteiger partial charge in [-0.15, -0.1) is 0 Å². The summed E-state index contributed by atoms with van der Waals surface area (Å²) in [7, 11) is 0. The summed E-state index contributed by atoms with van der Waals surface area (Å²) in [5.74, 6) is 1.54. The minimum Gasteiger partial charge on any atom is -0.494 e. The molecule has 0 saturated carbocycles. The summed E-state index contributed by atoms with van der Waals surface area (Å²) in [4.78, 5) is 30.1. The number of fused-ring (bicyclic) bond motifs is 1. The molecule has 1 aromatic heterocycles. The average Bonchev–Trinajstić information content (AvgIpc) is 2.80. The molecule has 0 aliphatic heterocycles. The van der Waals surface area contributed by atoms with Gasteiger partial charge in [-0.3, -0.25) is 14.2 Å². The number of aryl methyl sites for hydroxylation is 1. The molecule has 1 atom stereocenters. The van der Waals surface area contributed by atoms with Crippen LogP contribution >= 0.6 is 0 Å². The first kappa shape index (κ1) is 22.1. The molecule has 4 rings (SSSR count). The minimum absolute atomic E-state index is 0.133. The summed E-state index contributed by atoms with van der Waals surface area (Å²) < 4.78 is 12.8. The van der Waals surface area contributed by atoms with Crippen LogP contribution in [0.25, 0.3) is 16.6 Å². The highest BCUT2D eigenvalue weighted by molar-refractivity contribution is 5.94. The lowest BCUT2D eigenvalue weighted by Crippen LogP contribution is -2.30. The van der Waals surface area contributed by atoms with Crippen LogP contribution in [0.4, 0.5) is 5.69 Å². The average molecular weight is 444 g/mol. The molecule has 3 aromatic carbocycles. The van der Waals surface area contributed by atoms with E-state index in [0.29, 0.717) is 46.2 Å². The predicted octanol–water partition coefficient (Wildman–Crippen LogP) is 4.50. The number of amides is 1. The number of aromatic nitrogens is 2. The van der Waals surface area contributed by atoms with Gasteiger partial charge in [-0.1, -0.05) is 18.2 Å². The molecule has 1 N–H and O–H groups in total. The molecular weight excluding hydrogens is 418 g/mol. The first-order valence-corrected chi connectivity index (χ1v) is 10.8. The third-order valence-corrected chi connectivity index (χ3v) is 5.14. The van der Waals surface area contributed by atoms with Crippen LogP contribution in [-0.4, -0.2) is 28.2 Å². The Morgan fingerprint density at radius 2 is 1.76 bits per heavy atom. The van der Waals surface area contributed by atoms with Crippen LogP contribution in [-0.2, 0) is 4.79 Å². The van der Waals surface area contributed by atoms with Crippen molar-refractivity contribution in [2.24, 2.45) is 0 Å². The van der Waals surface area contributed by atoms with Crippen LogP contribution in [0.2, 0.25) is 0 Å². The molecule has 1 amide bonds. The molecule has 7 heteroatoms. The third kappa shape index (κ3) is 4.87. The van der Waals surface area contributed by atoms with Gasteiger partial charge in [0.15, 0.2) is 6.10 Å². The molecule has 4 aromatic rings. The molecule has 0 radical (unpaired) electrons. The van der Waals surface area contributed by atoms with E-state index in [2.05, 4.69) is 10.3 Å². The number of nitrogens with one attached hydrogen (secondary N) is 1. The van der Waals surface area contributed by atoms with Crippen LogP contribution in [0.15, 0.2) is 77.6 Å². The van der Waals surface area contributed by atoms with E-state index in [9.17, 15) is 9.59 Å². The van der Waals surface area contributed by atoms with Gasteiger partial charge in [0.1, 0.15) is 17.3 Å². The number of hydrogen-bond donors (Lipinski definition) is 1. The van der Waals surface area contributed by atoms with E-state index in [1.807, 2.05) is 37.3 Å². The molecular formula is C26H25N3O4. The second-order valence-electron chi connectivity index (χ2n) is 7.52. The monoisotopic (exact) mass is 443 g/mol. The normalized spacial score (nSPS) is 11.7. The van der Waals surface area contributed by atoms with Crippen molar-refractivity contribution in [3.05, 3.63) is 89.0 Å². The molecule has 168 valence electrons. The number of nitrogens with zero attached hydrogens (tertiary/aromatic N) is 2. The number of anilines is 1. The number of carbonyl (C=O) groups excluding carboxylic acids is 1. The Morgan fingerprint density at radius 1 is 1.03 bits per heavy atom.